The minimum Gasteiger partial charge on any atom is -0.389 e. The van der Waals surface area contributed by atoms with Crippen molar-refractivity contribution in [2.24, 2.45) is 0 Å². The summed E-state index contributed by atoms with van der Waals surface area (Å²) in [5.41, 5.74) is 0.767. The fourth-order valence-electron chi connectivity index (χ4n) is 1.64. The first-order chi connectivity index (χ1) is 9.43. The molecule has 3 N–H and O–H groups in total. The molecule has 0 spiro atoms. The third kappa shape index (κ3) is 5.54. The number of carbonyl (C=O) groups is 1. The molecule has 0 saturated carbocycles. The molecule has 0 aliphatic rings. The molecule has 0 aromatic heterocycles. The first kappa shape index (κ1) is 17.0. The highest BCUT2D eigenvalue weighted by Gasteiger charge is 2.13. The van der Waals surface area contributed by atoms with Crippen LogP contribution in [0.3, 0.4) is 0 Å². The van der Waals surface area contributed by atoms with Crippen molar-refractivity contribution in [3.05, 3.63) is 33.8 Å². The van der Waals surface area contributed by atoms with E-state index in [0.29, 0.717) is 10.0 Å². The molecule has 0 fully saturated rings. The first-order valence-corrected chi connectivity index (χ1v) is 6.86. The number of aliphatic hydroxyl groups is 1. The Balaban J connectivity index is 2.49. The molecule has 7 heteroatoms. The zero-order valence-electron chi connectivity index (χ0n) is 11.3. The standard InChI is InChI=1S/C13H18Cl2N2O3/c1-8(11-4-3-9(14)5-12(11)15)17-13(19)16-6-10(18)7-20-2/h3-5,8,10,18H,6-7H2,1-2H3,(H2,16,17,19). The van der Waals surface area contributed by atoms with Crippen LogP contribution in [0.25, 0.3) is 0 Å². The van der Waals surface area contributed by atoms with E-state index in [1.807, 2.05) is 0 Å². The Hall–Kier alpha value is -1.01. The second-order valence-electron chi connectivity index (χ2n) is 4.35. The molecule has 2 unspecified atom stereocenters. The van der Waals surface area contributed by atoms with Crippen LogP contribution in [0, 0.1) is 0 Å². The molecule has 0 aliphatic carbocycles. The number of rotatable bonds is 6. The normalized spacial score (nSPS) is 13.7. The zero-order chi connectivity index (χ0) is 15.1. The Morgan fingerprint density at radius 2 is 2.15 bits per heavy atom. The Bertz CT molecular complexity index is 457. The van der Waals surface area contributed by atoms with Crippen LogP contribution in [0.1, 0.15) is 18.5 Å². The van der Waals surface area contributed by atoms with Crippen molar-refractivity contribution >= 4 is 29.2 Å². The number of nitrogens with one attached hydrogen (secondary N) is 2. The summed E-state index contributed by atoms with van der Waals surface area (Å²) in [6.07, 6.45) is -0.736. The molecule has 0 radical (unpaired) electrons. The number of halogens is 2. The highest BCUT2D eigenvalue weighted by Crippen LogP contribution is 2.25. The summed E-state index contributed by atoms with van der Waals surface area (Å²) in [4.78, 5) is 11.7. The monoisotopic (exact) mass is 320 g/mol. The molecule has 1 rings (SSSR count). The number of carbonyl (C=O) groups excluding carboxylic acids is 1. The van der Waals surface area contributed by atoms with Gasteiger partial charge in [-0.3, -0.25) is 0 Å². The molecule has 5 nitrogen and oxygen atoms in total. The lowest BCUT2D eigenvalue weighted by atomic mass is 10.1. The average Bonchev–Trinajstić information content (AvgIpc) is 2.36. The second-order valence-corrected chi connectivity index (χ2v) is 5.19. The van der Waals surface area contributed by atoms with E-state index in [2.05, 4.69) is 10.6 Å². The number of amides is 2. The van der Waals surface area contributed by atoms with Gasteiger partial charge in [-0.1, -0.05) is 29.3 Å². The van der Waals surface area contributed by atoms with Crippen molar-refractivity contribution in [1.29, 1.82) is 0 Å². The number of benzene rings is 1. The van der Waals surface area contributed by atoms with Gasteiger partial charge in [-0.05, 0) is 24.6 Å². The molecule has 2 atom stereocenters. The van der Waals surface area contributed by atoms with Crippen LogP contribution < -0.4 is 10.6 Å². The van der Waals surface area contributed by atoms with Gasteiger partial charge in [0.2, 0.25) is 0 Å². The van der Waals surface area contributed by atoms with Crippen LogP contribution in [-0.4, -0.2) is 37.5 Å². The smallest absolute Gasteiger partial charge is 0.315 e. The van der Waals surface area contributed by atoms with Crippen LogP contribution >= 0.6 is 23.2 Å². The van der Waals surface area contributed by atoms with Crippen molar-refractivity contribution in [3.63, 3.8) is 0 Å². The predicted octanol–water partition coefficient (Wildman–Crippen LogP) is 2.36. The van der Waals surface area contributed by atoms with E-state index in [0.717, 1.165) is 5.56 Å². The summed E-state index contributed by atoms with van der Waals surface area (Å²) in [6.45, 7) is 2.08. The topological polar surface area (TPSA) is 70.6 Å². The van der Waals surface area contributed by atoms with E-state index in [-0.39, 0.29) is 19.2 Å². The van der Waals surface area contributed by atoms with E-state index < -0.39 is 12.1 Å². The summed E-state index contributed by atoms with van der Waals surface area (Å²) in [5, 5.41) is 15.7. The highest BCUT2D eigenvalue weighted by atomic mass is 35.5. The van der Waals surface area contributed by atoms with Gasteiger partial charge in [0, 0.05) is 23.7 Å². The van der Waals surface area contributed by atoms with Crippen molar-refractivity contribution in [3.8, 4) is 0 Å². The van der Waals surface area contributed by atoms with Gasteiger partial charge in [-0.2, -0.15) is 0 Å². The number of aliphatic hydroxyl groups excluding tert-OH is 1. The molecule has 0 saturated heterocycles. The minimum absolute atomic E-state index is 0.112. The molecule has 0 bridgehead atoms. The van der Waals surface area contributed by atoms with Gasteiger partial charge >= 0.3 is 6.03 Å². The lowest BCUT2D eigenvalue weighted by Crippen LogP contribution is -2.41. The number of hydrogen-bond acceptors (Lipinski definition) is 3. The largest absolute Gasteiger partial charge is 0.389 e. The van der Waals surface area contributed by atoms with Gasteiger partial charge in [0.25, 0.3) is 0 Å². The van der Waals surface area contributed by atoms with Gasteiger partial charge in [-0.15, -0.1) is 0 Å². The van der Waals surface area contributed by atoms with Crippen LogP contribution in [0.15, 0.2) is 18.2 Å². The molecular weight excluding hydrogens is 303 g/mol. The molecule has 0 heterocycles. The van der Waals surface area contributed by atoms with Crippen molar-refractivity contribution in [2.45, 2.75) is 19.1 Å². The molecule has 112 valence electrons. The van der Waals surface area contributed by atoms with Crippen LogP contribution in [0.4, 0.5) is 4.79 Å². The molecular formula is C13H18Cl2N2O3. The molecule has 2 amide bonds. The molecule has 1 aromatic carbocycles. The fourth-order valence-corrected chi connectivity index (χ4v) is 2.21. The Morgan fingerprint density at radius 1 is 1.45 bits per heavy atom. The van der Waals surface area contributed by atoms with E-state index in [9.17, 15) is 9.90 Å². The average molecular weight is 321 g/mol. The van der Waals surface area contributed by atoms with E-state index in [1.165, 1.54) is 7.11 Å². The second kappa shape index (κ2) is 8.32. The lowest BCUT2D eigenvalue weighted by Gasteiger charge is -2.17. The van der Waals surface area contributed by atoms with Crippen LogP contribution in [-0.2, 0) is 4.74 Å². The van der Waals surface area contributed by atoms with Crippen molar-refractivity contribution in [1.82, 2.24) is 10.6 Å². The predicted molar refractivity (Wildman–Crippen MR) is 79.3 cm³/mol. The van der Waals surface area contributed by atoms with Gasteiger partial charge in [0.1, 0.15) is 0 Å². The summed E-state index contributed by atoms with van der Waals surface area (Å²) in [7, 11) is 1.48. The van der Waals surface area contributed by atoms with Crippen LogP contribution in [0.2, 0.25) is 10.0 Å². The molecule has 20 heavy (non-hydrogen) atoms. The summed E-state index contributed by atoms with van der Waals surface area (Å²) in [6, 6.07) is 4.42. The quantitative estimate of drug-likeness (QED) is 0.753. The number of urea groups is 1. The summed E-state index contributed by atoms with van der Waals surface area (Å²) in [5.74, 6) is 0. The van der Waals surface area contributed by atoms with Gasteiger partial charge in [0.15, 0.2) is 0 Å². The maximum absolute atomic E-state index is 11.7. The first-order valence-electron chi connectivity index (χ1n) is 6.10. The summed E-state index contributed by atoms with van der Waals surface area (Å²) >= 11 is 11.9. The van der Waals surface area contributed by atoms with Crippen molar-refractivity contribution < 1.29 is 14.6 Å². The SMILES string of the molecule is COCC(O)CNC(=O)NC(C)c1ccc(Cl)cc1Cl. The number of ether oxygens (including phenoxy) is 1. The van der Waals surface area contributed by atoms with Gasteiger partial charge in [0.05, 0.1) is 18.8 Å². The highest BCUT2D eigenvalue weighted by molar-refractivity contribution is 6.35. The van der Waals surface area contributed by atoms with E-state index in [1.54, 1.807) is 25.1 Å². The fraction of sp³-hybridized carbons (Fsp3) is 0.462. The van der Waals surface area contributed by atoms with E-state index >= 15 is 0 Å². The maximum Gasteiger partial charge on any atom is 0.315 e. The third-order valence-electron chi connectivity index (χ3n) is 2.63. The Morgan fingerprint density at radius 3 is 2.75 bits per heavy atom. The number of methoxy groups -OCH3 is 1. The zero-order valence-corrected chi connectivity index (χ0v) is 12.8. The lowest BCUT2D eigenvalue weighted by molar-refractivity contribution is 0.0659. The van der Waals surface area contributed by atoms with E-state index in [4.69, 9.17) is 27.9 Å². The third-order valence-corrected chi connectivity index (χ3v) is 3.20. The number of hydrogen-bond donors (Lipinski definition) is 3. The Labute approximate surface area is 128 Å². The summed E-state index contributed by atoms with van der Waals surface area (Å²) < 4.78 is 4.76. The van der Waals surface area contributed by atoms with Gasteiger partial charge in [-0.25, -0.2) is 4.79 Å². The van der Waals surface area contributed by atoms with Crippen molar-refractivity contribution in [2.75, 3.05) is 20.3 Å². The maximum atomic E-state index is 11.7. The van der Waals surface area contributed by atoms with Gasteiger partial charge < -0.3 is 20.5 Å². The minimum atomic E-state index is -0.736. The Kier molecular flexibility index (Phi) is 7.09. The molecule has 1 aromatic rings. The van der Waals surface area contributed by atoms with Crippen LogP contribution in [0.5, 0.6) is 0 Å². The molecule has 0 aliphatic heterocycles.